The molecule has 1 aromatic heterocycles. The summed E-state index contributed by atoms with van der Waals surface area (Å²) < 4.78 is 7.61. The quantitative estimate of drug-likeness (QED) is 0.787. The van der Waals surface area contributed by atoms with Gasteiger partial charge in [0.05, 0.1) is 17.8 Å². The Labute approximate surface area is 95.6 Å². The fraction of sp³-hybridized carbons (Fsp3) is 0.667. The van der Waals surface area contributed by atoms with Crippen molar-refractivity contribution in [2.24, 2.45) is 5.41 Å². The lowest BCUT2D eigenvalue weighted by Gasteiger charge is -2.41. The number of ketones is 1. The van der Waals surface area contributed by atoms with Crippen molar-refractivity contribution in [1.29, 1.82) is 0 Å². The molecule has 1 heterocycles. The van der Waals surface area contributed by atoms with E-state index < -0.39 is 0 Å². The zero-order valence-electron chi connectivity index (χ0n) is 10.2. The van der Waals surface area contributed by atoms with Crippen molar-refractivity contribution in [3.63, 3.8) is 0 Å². The summed E-state index contributed by atoms with van der Waals surface area (Å²) in [4.78, 5) is 11.4. The van der Waals surface area contributed by atoms with E-state index in [1.165, 1.54) is 0 Å². The minimum Gasteiger partial charge on any atom is -0.486 e. The maximum atomic E-state index is 11.4. The van der Waals surface area contributed by atoms with E-state index in [9.17, 15) is 4.79 Å². The zero-order chi connectivity index (χ0) is 11.9. The Morgan fingerprint density at radius 1 is 1.56 bits per heavy atom. The summed E-state index contributed by atoms with van der Waals surface area (Å²) in [5.74, 6) is 1.02. The van der Waals surface area contributed by atoms with Gasteiger partial charge in [0.25, 0.3) is 0 Å². The molecule has 1 fully saturated rings. The van der Waals surface area contributed by atoms with Crippen LogP contribution in [-0.4, -0.2) is 21.7 Å². The maximum Gasteiger partial charge on any atom is 0.157 e. The second-order valence-electron chi connectivity index (χ2n) is 5.21. The van der Waals surface area contributed by atoms with Crippen LogP contribution in [0.4, 0.5) is 0 Å². The first-order valence-corrected chi connectivity index (χ1v) is 5.65. The van der Waals surface area contributed by atoms with Crippen LogP contribution >= 0.6 is 0 Å². The molecule has 1 aliphatic carbocycles. The van der Waals surface area contributed by atoms with Gasteiger partial charge in [-0.25, -0.2) is 0 Å². The number of Topliss-reactive ketones (excluding diaryl/α,β-unsaturated/α-hetero) is 1. The SMILES string of the molecule is CC(C)n1cc(OC2CC(=O)C2(C)C)cn1. The summed E-state index contributed by atoms with van der Waals surface area (Å²) in [5.41, 5.74) is -0.347. The lowest BCUT2D eigenvalue weighted by Crippen LogP contribution is -2.52. The summed E-state index contributed by atoms with van der Waals surface area (Å²) in [7, 11) is 0. The van der Waals surface area contributed by atoms with E-state index in [0.717, 1.165) is 5.75 Å². The van der Waals surface area contributed by atoms with Gasteiger partial charge in [-0.2, -0.15) is 5.10 Å². The first-order chi connectivity index (χ1) is 7.41. The monoisotopic (exact) mass is 222 g/mol. The highest BCUT2D eigenvalue weighted by Crippen LogP contribution is 2.39. The summed E-state index contributed by atoms with van der Waals surface area (Å²) in [5, 5.41) is 4.20. The third kappa shape index (κ3) is 1.72. The average Bonchev–Trinajstić information content (AvgIpc) is 2.66. The van der Waals surface area contributed by atoms with E-state index in [4.69, 9.17) is 4.74 Å². The standard InChI is InChI=1S/C12H18N2O2/c1-8(2)14-7-9(6-13-14)16-11-5-10(15)12(11,3)4/h6-8,11H,5H2,1-4H3. The molecule has 0 saturated heterocycles. The highest BCUT2D eigenvalue weighted by atomic mass is 16.5. The van der Waals surface area contributed by atoms with Crippen LogP contribution in [0.5, 0.6) is 5.75 Å². The van der Waals surface area contributed by atoms with Crippen LogP contribution in [0.15, 0.2) is 12.4 Å². The van der Waals surface area contributed by atoms with Gasteiger partial charge in [-0.05, 0) is 27.7 Å². The zero-order valence-corrected chi connectivity index (χ0v) is 10.2. The predicted octanol–water partition coefficient (Wildman–Crippen LogP) is 2.21. The van der Waals surface area contributed by atoms with Crippen molar-refractivity contribution in [1.82, 2.24) is 9.78 Å². The van der Waals surface area contributed by atoms with E-state index in [1.807, 2.05) is 24.7 Å². The second kappa shape index (κ2) is 3.61. The van der Waals surface area contributed by atoms with Crippen molar-refractivity contribution in [3.05, 3.63) is 12.4 Å². The van der Waals surface area contributed by atoms with Crippen LogP contribution in [0.1, 0.15) is 40.2 Å². The smallest absolute Gasteiger partial charge is 0.157 e. The largest absolute Gasteiger partial charge is 0.486 e. The fourth-order valence-electron chi connectivity index (χ4n) is 1.75. The third-order valence-electron chi connectivity index (χ3n) is 3.28. The van der Waals surface area contributed by atoms with Crippen molar-refractivity contribution < 1.29 is 9.53 Å². The molecular formula is C12H18N2O2. The number of rotatable bonds is 3. The summed E-state index contributed by atoms with van der Waals surface area (Å²) in [6.45, 7) is 7.98. The lowest BCUT2D eigenvalue weighted by atomic mass is 9.68. The predicted molar refractivity (Wildman–Crippen MR) is 60.4 cm³/mol. The Kier molecular flexibility index (Phi) is 2.52. The van der Waals surface area contributed by atoms with E-state index >= 15 is 0 Å². The molecule has 1 aromatic rings. The Balaban J connectivity index is 2.03. The molecule has 2 rings (SSSR count). The summed E-state index contributed by atoms with van der Waals surface area (Å²) in [6.07, 6.45) is 4.09. The molecule has 16 heavy (non-hydrogen) atoms. The summed E-state index contributed by atoms with van der Waals surface area (Å²) >= 11 is 0. The molecule has 1 unspecified atom stereocenters. The van der Waals surface area contributed by atoms with Crippen LogP contribution in [0.3, 0.4) is 0 Å². The summed E-state index contributed by atoms with van der Waals surface area (Å²) in [6, 6.07) is 0.327. The molecule has 0 N–H and O–H groups in total. The number of hydrogen-bond donors (Lipinski definition) is 0. The molecular weight excluding hydrogens is 204 g/mol. The van der Waals surface area contributed by atoms with Crippen LogP contribution in [0.25, 0.3) is 0 Å². The van der Waals surface area contributed by atoms with Gasteiger partial charge in [0.2, 0.25) is 0 Å². The Morgan fingerprint density at radius 2 is 2.25 bits per heavy atom. The Hall–Kier alpha value is -1.32. The highest BCUT2D eigenvalue weighted by Gasteiger charge is 2.49. The number of hydrogen-bond acceptors (Lipinski definition) is 3. The second-order valence-corrected chi connectivity index (χ2v) is 5.21. The van der Waals surface area contributed by atoms with Gasteiger partial charge in [-0.15, -0.1) is 0 Å². The van der Waals surface area contributed by atoms with E-state index in [0.29, 0.717) is 12.5 Å². The number of carbonyl (C=O) groups excluding carboxylic acids is 1. The van der Waals surface area contributed by atoms with Crippen molar-refractivity contribution in [2.75, 3.05) is 0 Å². The molecule has 0 spiro atoms. The van der Waals surface area contributed by atoms with Gasteiger partial charge >= 0.3 is 0 Å². The normalized spacial score (nSPS) is 23.3. The maximum absolute atomic E-state index is 11.4. The fourth-order valence-corrected chi connectivity index (χ4v) is 1.75. The molecule has 88 valence electrons. The number of ether oxygens (including phenoxy) is 1. The van der Waals surface area contributed by atoms with Crippen molar-refractivity contribution in [3.8, 4) is 5.75 Å². The first kappa shape index (κ1) is 11.2. The van der Waals surface area contributed by atoms with E-state index in [1.54, 1.807) is 6.20 Å². The van der Waals surface area contributed by atoms with Crippen molar-refractivity contribution >= 4 is 5.78 Å². The molecule has 1 saturated carbocycles. The van der Waals surface area contributed by atoms with Crippen LogP contribution in [0, 0.1) is 5.41 Å². The van der Waals surface area contributed by atoms with E-state index in [-0.39, 0.29) is 17.3 Å². The number of nitrogens with zero attached hydrogens (tertiary/aromatic N) is 2. The van der Waals surface area contributed by atoms with Gasteiger partial charge in [0.1, 0.15) is 11.9 Å². The Bertz CT molecular complexity index is 407. The van der Waals surface area contributed by atoms with Gasteiger partial charge in [-0.3, -0.25) is 9.48 Å². The molecule has 0 bridgehead atoms. The molecule has 0 radical (unpaired) electrons. The van der Waals surface area contributed by atoms with Crippen LogP contribution in [0.2, 0.25) is 0 Å². The van der Waals surface area contributed by atoms with Crippen molar-refractivity contribution in [2.45, 2.75) is 46.3 Å². The number of carbonyl (C=O) groups is 1. The molecule has 4 heteroatoms. The highest BCUT2D eigenvalue weighted by molar-refractivity contribution is 5.91. The molecule has 1 aliphatic rings. The average molecular weight is 222 g/mol. The topological polar surface area (TPSA) is 44.1 Å². The first-order valence-electron chi connectivity index (χ1n) is 5.65. The number of aromatic nitrogens is 2. The molecule has 0 aromatic carbocycles. The molecule has 4 nitrogen and oxygen atoms in total. The molecule has 0 aliphatic heterocycles. The van der Waals surface area contributed by atoms with Crippen LogP contribution < -0.4 is 4.74 Å². The van der Waals surface area contributed by atoms with E-state index in [2.05, 4.69) is 18.9 Å². The van der Waals surface area contributed by atoms with Gasteiger partial charge in [0.15, 0.2) is 5.75 Å². The Morgan fingerprint density at radius 3 is 2.69 bits per heavy atom. The van der Waals surface area contributed by atoms with Gasteiger partial charge in [-0.1, -0.05) is 0 Å². The minimum atomic E-state index is -0.347. The van der Waals surface area contributed by atoms with Gasteiger partial charge < -0.3 is 4.74 Å². The lowest BCUT2D eigenvalue weighted by molar-refractivity contribution is -0.148. The molecule has 0 amide bonds. The third-order valence-corrected chi connectivity index (χ3v) is 3.28. The van der Waals surface area contributed by atoms with Crippen LogP contribution in [-0.2, 0) is 4.79 Å². The molecule has 1 atom stereocenters. The van der Waals surface area contributed by atoms with Gasteiger partial charge in [0, 0.05) is 12.5 Å². The minimum absolute atomic E-state index is 0.00943.